The first kappa shape index (κ1) is 14.6. The monoisotopic (exact) mass is 292 g/mol. The van der Waals surface area contributed by atoms with Crippen LogP contribution in [0, 0.1) is 17.8 Å². The third kappa shape index (κ3) is 4.37. The van der Waals surface area contributed by atoms with E-state index in [1.807, 2.05) is 0 Å². The Bertz CT molecular complexity index is 552. The zero-order valence-corrected chi connectivity index (χ0v) is 11.8. The van der Waals surface area contributed by atoms with Crippen LogP contribution in [0.4, 0.5) is 0 Å². The minimum atomic E-state index is -0.194. The van der Waals surface area contributed by atoms with Crippen LogP contribution in [0.5, 0.6) is 0 Å². The second-order valence-corrected chi connectivity index (χ2v) is 5.53. The van der Waals surface area contributed by atoms with Crippen LogP contribution in [0.25, 0.3) is 0 Å². The molecule has 2 amide bonds. The van der Waals surface area contributed by atoms with E-state index < -0.39 is 0 Å². The van der Waals surface area contributed by atoms with Crippen LogP contribution < -0.4 is 10.6 Å². The van der Waals surface area contributed by atoms with Crippen molar-refractivity contribution in [3.63, 3.8) is 0 Å². The first-order valence-corrected chi connectivity index (χ1v) is 7.28. The van der Waals surface area contributed by atoms with Crippen LogP contribution in [0.1, 0.15) is 27.4 Å². The van der Waals surface area contributed by atoms with Crippen molar-refractivity contribution in [2.45, 2.75) is 12.8 Å². The van der Waals surface area contributed by atoms with Gasteiger partial charge < -0.3 is 15.7 Å². The van der Waals surface area contributed by atoms with Gasteiger partial charge in [0.2, 0.25) is 5.91 Å². The van der Waals surface area contributed by atoms with Gasteiger partial charge in [-0.1, -0.05) is 11.8 Å². The van der Waals surface area contributed by atoms with E-state index in [1.165, 1.54) is 11.3 Å². The molecule has 2 rings (SSSR count). The first-order chi connectivity index (χ1) is 9.70. The van der Waals surface area contributed by atoms with E-state index in [2.05, 4.69) is 22.5 Å². The van der Waals surface area contributed by atoms with E-state index in [1.54, 1.807) is 12.1 Å². The van der Waals surface area contributed by atoms with E-state index in [4.69, 9.17) is 5.11 Å². The van der Waals surface area contributed by atoms with Crippen LogP contribution in [0.3, 0.4) is 0 Å². The number of rotatable bonds is 5. The highest BCUT2D eigenvalue weighted by Crippen LogP contribution is 2.28. The van der Waals surface area contributed by atoms with E-state index in [0.717, 1.165) is 17.7 Å². The highest BCUT2D eigenvalue weighted by molar-refractivity contribution is 7.14. The van der Waals surface area contributed by atoms with E-state index in [-0.39, 0.29) is 24.3 Å². The maximum atomic E-state index is 11.8. The van der Waals surface area contributed by atoms with Crippen molar-refractivity contribution in [3.05, 3.63) is 21.9 Å². The average molecular weight is 292 g/mol. The Morgan fingerprint density at radius 1 is 1.30 bits per heavy atom. The molecule has 0 aromatic carbocycles. The number of aliphatic hydroxyl groups excluding tert-OH is 1. The first-order valence-electron chi connectivity index (χ1n) is 6.46. The number of nitrogens with one attached hydrogen (secondary N) is 2. The number of amides is 2. The zero-order chi connectivity index (χ0) is 14.4. The number of hydrogen-bond donors (Lipinski definition) is 3. The average Bonchev–Trinajstić information content (AvgIpc) is 3.19. The largest absolute Gasteiger partial charge is 0.384 e. The predicted octanol–water partition coefficient (Wildman–Crippen LogP) is 0.348. The summed E-state index contributed by atoms with van der Waals surface area (Å²) in [6.07, 6.45) is 1.95. The smallest absolute Gasteiger partial charge is 0.261 e. The third-order valence-electron chi connectivity index (χ3n) is 2.78. The molecule has 5 nitrogen and oxygen atoms in total. The van der Waals surface area contributed by atoms with Gasteiger partial charge in [-0.05, 0) is 25.0 Å². The molecule has 0 spiro atoms. The molecular formula is C14H16N2O3S. The summed E-state index contributed by atoms with van der Waals surface area (Å²) in [4.78, 5) is 24.5. The number of carbonyl (C=O) groups is 2. The Balaban J connectivity index is 1.71. The third-order valence-corrected chi connectivity index (χ3v) is 3.78. The zero-order valence-electron chi connectivity index (χ0n) is 10.9. The van der Waals surface area contributed by atoms with Crippen LogP contribution in [-0.4, -0.2) is 36.6 Å². The highest BCUT2D eigenvalue weighted by atomic mass is 32.1. The van der Waals surface area contributed by atoms with Crippen molar-refractivity contribution < 1.29 is 14.7 Å². The van der Waals surface area contributed by atoms with Crippen molar-refractivity contribution in [2.75, 3.05) is 19.7 Å². The fourth-order valence-electron chi connectivity index (χ4n) is 1.59. The molecule has 0 atom stereocenters. The predicted molar refractivity (Wildman–Crippen MR) is 76.3 cm³/mol. The van der Waals surface area contributed by atoms with Crippen LogP contribution in [0.15, 0.2) is 12.1 Å². The molecule has 1 fully saturated rings. The molecule has 0 bridgehead atoms. The normalized spacial score (nSPS) is 13.2. The molecule has 1 aromatic rings. The highest BCUT2D eigenvalue weighted by Gasteiger charge is 2.28. The molecule has 0 radical (unpaired) electrons. The van der Waals surface area contributed by atoms with Crippen molar-refractivity contribution in [1.82, 2.24) is 10.6 Å². The van der Waals surface area contributed by atoms with Crippen molar-refractivity contribution in [1.29, 1.82) is 0 Å². The lowest BCUT2D eigenvalue weighted by molar-refractivity contribution is -0.122. The molecule has 1 aliphatic carbocycles. The van der Waals surface area contributed by atoms with Gasteiger partial charge in [0, 0.05) is 19.0 Å². The van der Waals surface area contributed by atoms with Gasteiger partial charge in [0.15, 0.2) is 0 Å². The number of thiophene rings is 1. The minimum Gasteiger partial charge on any atom is -0.384 e. The Morgan fingerprint density at radius 3 is 2.75 bits per heavy atom. The fraction of sp³-hybridized carbons (Fsp3) is 0.429. The summed E-state index contributed by atoms with van der Waals surface area (Å²) in [6, 6.07) is 3.45. The van der Waals surface area contributed by atoms with E-state index in [9.17, 15) is 9.59 Å². The molecule has 0 saturated heterocycles. The number of hydrogen-bond acceptors (Lipinski definition) is 4. The van der Waals surface area contributed by atoms with Gasteiger partial charge in [-0.3, -0.25) is 9.59 Å². The van der Waals surface area contributed by atoms with Gasteiger partial charge in [-0.15, -0.1) is 11.3 Å². The Kier molecular flexibility index (Phi) is 5.16. The Morgan fingerprint density at radius 2 is 2.05 bits per heavy atom. The lowest BCUT2D eigenvalue weighted by atomic mass is 10.4. The minimum absolute atomic E-state index is 0.0805. The van der Waals surface area contributed by atoms with E-state index >= 15 is 0 Å². The summed E-state index contributed by atoms with van der Waals surface area (Å²) >= 11 is 1.28. The molecule has 6 heteroatoms. The molecular weight excluding hydrogens is 276 g/mol. The van der Waals surface area contributed by atoms with Crippen molar-refractivity contribution >= 4 is 23.2 Å². The maximum Gasteiger partial charge on any atom is 0.261 e. The topological polar surface area (TPSA) is 78.4 Å². The summed E-state index contributed by atoms with van der Waals surface area (Å²) < 4.78 is 0. The van der Waals surface area contributed by atoms with Gasteiger partial charge in [-0.2, -0.15) is 0 Å². The second-order valence-electron chi connectivity index (χ2n) is 4.44. The lowest BCUT2D eigenvalue weighted by Gasteiger charge is -2.05. The molecule has 1 heterocycles. The summed E-state index contributed by atoms with van der Waals surface area (Å²) in [5.41, 5.74) is 0. The van der Waals surface area contributed by atoms with Gasteiger partial charge in [0.1, 0.15) is 6.61 Å². The van der Waals surface area contributed by atoms with Gasteiger partial charge in [-0.25, -0.2) is 0 Å². The summed E-state index contributed by atoms with van der Waals surface area (Å²) in [6.45, 7) is 0.663. The Labute approximate surface area is 121 Å². The SMILES string of the molecule is O=C(NCCNC(=O)C1CC1)c1ccc(C#CCO)s1. The summed E-state index contributed by atoms with van der Waals surface area (Å²) in [5, 5.41) is 14.1. The number of aliphatic hydroxyl groups is 1. The molecule has 0 unspecified atom stereocenters. The van der Waals surface area contributed by atoms with Crippen molar-refractivity contribution in [2.24, 2.45) is 5.92 Å². The second kappa shape index (κ2) is 7.08. The van der Waals surface area contributed by atoms with Crippen LogP contribution >= 0.6 is 11.3 Å². The fourth-order valence-corrected chi connectivity index (χ4v) is 2.39. The van der Waals surface area contributed by atoms with Crippen molar-refractivity contribution in [3.8, 4) is 11.8 Å². The molecule has 20 heavy (non-hydrogen) atoms. The Hall–Kier alpha value is -1.84. The van der Waals surface area contributed by atoms with Crippen LogP contribution in [-0.2, 0) is 4.79 Å². The summed E-state index contributed by atoms with van der Waals surface area (Å²) in [7, 11) is 0. The molecule has 3 N–H and O–H groups in total. The molecule has 1 saturated carbocycles. The summed E-state index contributed by atoms with van der Waals surface area (Å²) in [5.74, 6) is 5.39. The quantitative estimate of drug-likeness (QED) is 0.541. The molecule has 1 aromatic heterocycles. The standard InChI is InChI=1S/C14H16N2O3S/c17-9-1-2-11-5-6-12(20-11)14(19)16-8-7-15-13(18)10-3-4-10/h5-6,10,17H,3-4,7-9H2,(H,15,18)(H,16,19). The molecule has 0 aliphatic heterocycles. The van der Waals surface area contributed by atoms with Gasteiger partial charge >= 0.3 is 0 Å². The maximum absolute atomic E-state index is 11.8. The molecule has 106 valence electrons. The van der Waals surface area contributed by atoms with E-state index in [0.29, 0.717) is 18.0 Å². The van der Waals surface area contributed by atoms with Gasteiger partial charge in [0.05, 0.1) is 9.75 Å². The molecule has 1 aliphatic rings. The van der Waals surface area contributed by atoms with Gasteiger partial charge in [0.25, 0.3) is 5.91 Å². The van der Waals surface area contributed by atoms with Crippen LogP contribution in [0.2, 0.25) is 0 Å². The number of carbonyl (C=O) groups excluding carboxylic acids is 2. The lowest BCUT2D eigenvalue weighted by Crippen LogP contribution is -2.35.